The zero-order chi connectivity index (χ0) is 18.0. The molecule has 3 aromatic rings. The van der Waals surface area contributed by atoms with E-state index in [2.05, 4.69) is 15.4 Å². The fourth-order valence-electron chi connectivity index (χ4n) is 2.95. The van der Waals surface area contributed by atoms with Crippen LogP contribution in [0.5, 0.6) is 0 Å². The molecule has 1 amide bonds. The maximum Gasteiger partial charge on any atom is 0.253 e. The van der Waals surface area contributed by atoms with E-state index >= 15 is 0 Å². The highest BCUT2D eigenvalue weighted by atomic mass is 16.5. The summed E-state index contributed by atoms with van der Waals surface area (Å²) in [6.07, 6.45) is 1.70. The van der Waals surface area contributed by atoms with Crippen LogP contribution in [0.1, 0.15) is 33.4 Å². The summed E-state index contributed by atoms with van der Waals surface area (Å²) in [4.78, 5) is 17.4. The predicted octanol–water partition coefficient (Wildman–Crippen LogP) is 2.70. The van der Waals surface area contributed by atoms with Crippen LogP contribution in [0.25, 0.3) is 10.9 Å². The topological polar surface area (TPSA) is 69.0 Å². The molecular formula is C19H22N4O2. The second-order valence-corrected chi connectivity index (χ2v) is 6.18. The molecule has 0 saturated carbocycles. The molecule has 25 heavy (non-hydrogen) atoms. The van der Waals surface area contributed by atoms with Crippen LogP contribution in [-0.2, 0) is 11.8 Å². The summed E-state index contributed by atoms with van der Waals surface area (Å²) < 4.78 is 7.00. The fraction of sp³-hybridized carbons (Fsp3) is 0.316. The number of aryl methyl sites for hydroxylation is 3. The highest BCUT2D eigenvalue weighted by molar-refractivity contribution is 5.98. The number of nitrogens with zero attached hydrogens (tertiary/aromatic N) is 3. The third kappa shape index (κ3) is 3.53. The number of benzene rings is 1. The van der Waals surface area contributed by atoms with Crippen molar-refractivity contribution in [3.63, 3.8) is 0 Å². The molecule has 0 radical (unpaired) electrons. The van der Waals surface area contributed by atoms with Gasteiger partial charge in [0.15, 0.2) is 0 Å². The van der Waals surface area contributed by atoms with Gasteiger partial charge in [-0.15, -0.1) is 0 Å². The molecule has 2 aromatic heterocycles. The molecule has 0 bridgehead atoms. The Bertz CT molecular complexity index is 917. The number of fused-ring (bicyclic) bond motifs is 1. The summed E-state index contributed by atoms with van der Waals surface area (Å²) in [6.45, 7) is 4.24. The van der Waals surface area contributed by atoms with Gasteiger partial charge in [0.25, 0.3) is 5.91 Å². The first-order valence-corrected chi connectivity index (χ1v) is 8.15. The summed E-state index contributed by atoms with van der Waals surface area (Å²) in [7, 11) is 3.46. The molecule has 1 N–H and O–H groups in total. The van der Waals surface area contributed by atoms with E-state index < -0.39 is 0 Å². The van der Waals surface area contributed by atoms with Gasteiger partial charge in [0, 0.05) is 25.7 Å². The van der Waals surface area contributed by atoms with E-state index in [1.165, 1.54) is 0 Å². The fourth-order valence-corrected chi connectivity index (χ4v) is 2.95. The van der Waals surface area contributed by atoms with Gasteiger partial charge in [-0.05, 0) is 38.1 Å². The Morgan fingerprint density at radius 2 is 2.08 bits per heavy atom. The van der Waals surface area contributed by atoms with E-state index in [9.17, 15) is 4.79 Å². The molecule has 0 aliphatic carbocycles. The van der Waals surface area contributed by atoms with Gasteiger partial charge in [-0.3, -0.25) is 14.5 Å². The molecular weight excluding hydrogens is 316 g/mol. The first-order chi connectivity index (χ1) is 12.0. The molecule has 6 nitrogen and oxygen atoms in total. The summed E-state index contributed by atoms with van der Waals surface area (Å²) in [5, 5.41) is 8.16. The molecule has 3 rings (SSSR count). The zero-order valence-electron chi connectivity index (χ0n) is 14.9. The van der Waals surface area contributed by atoms with Crippen LogP contribution in [-0.4, -0.2) is 34.4 Å². The van der Waals surface area contributed by atoms with Gasteiger partial charge < -0.3 is 10.1 Å². The van der Waals surface area contributed by atoms with Crippen molar-refractivity contribution in [1.29, 1.82) is 0 Å². The Kier molecular flexibility index (Phi) is 4.81. The molecule has 6 heteroatoms. The number of rotatable bonds is 5. The van der Waals surface area contributed by atoms with Gasteiger partial charge in [0.2, 0.25) is 0 Å². The first kappa shape index (κ1) is 17.1. The minimum absolute atomic E-state index is 0.170. The molecule has 1 atom stereocenters. The van der Waals surface area contributed by atoms with Crippen molar-refractivity contribution in [3.05, 3.63) is 59.0 Å². The molecule has 0 aliphatic heterocycles. The van der Waals surface area contributed by atoms with Crippen LogP contribution >= 0.6 is 0 Å². The van der Waals surface area contributed by atoms with Crippen LogP contribution in [0, 0.1) is 13.8 Å². The number of hydrogen-bond donors (Lipinski definition) is 1. The Morgan fingerprint density at radius 1 is 1.28 bits per heavy atom. The quantitative estimate of drug-likeness (QED) is 0.776. The minimum atomic E-state index is -0.280. The summed E-state index contributed by atoms with van der Waals surface area (Å²) in [5.41, 5.74) is 4.19. The maximum absolute atomic E-state index is 12.8. The lowest BCUT2D eigenvalue weighted by Gasteiger charge is -2.19. The minimum Gasteiger partial charge on any atom is -0.382 e. The van der Waals surface area contributed by atoms with Gasteiger partial charge in [-0.2, -0.15) is 5.10 Å². The number of ether oxygens (including phenoxy) is 1. The largest absolute Gasteiger partial charge is 0.382 e. The number of carbonyl (C=O) groups is 1. The Morgan fingerprint density at radius 3 is 2.76 bits per heavy atom. The highest BCUT2D eigenvalue weighted by Gasteiger charge is 2.20. The number of aromatic nitrogens is 3. The summed E-state index contributed by atoms with van der Waals surface area (Å²) in [6, 6.07) is 9.52. The van der Waals surface area contributed by atoms with Crippen molar-refractivity contribution in [3.8, 4) is 0 Å². The van der Waals surface area contributed by atoms with E-state index in [0.29, 0.717) is 17.9 Å². The van der Waals surface area contributed by atoms with Crippen molar-refractivity contribution in [2.24, 2.45) is 7.05 Å². The molecule has 0 fully saturated rings. The standard InChI is InChI=1S/C19H22N4O2/c1-12-5-6-16-14(9-12)10-15(13(2)21-16)19(24)22-17(11-25-4)18-7-8-20-23(18)3/h5-10,17H,11H2,1-4H3,(H,22,24)/t17-/m1/s1. The van der Waals surface area contributed by atoms with Crippen molar-refractivity contribution >= 4 is 16.8 Å². The van der Waals surface area contributed by atoms with Crippen LogP contribution in [0.3, 0.4) is 0 Å². The Labute approximate surface area is 146 Å². The van der Waals surface area contributed by atoms with Gasteiger partial charge in [-0.1, -0.05) is 11.6 Å². The van der Waals surface area contributed by atoms with Gasteiger partial charge >= 0.3 is 0 Å². The third-order valence-electron chi connectivity index (χ3n) is 4.26. The molecule has 0 unspecified atom stereocenters. The van der Waals surface area contributed by atoms with Crippen molar-refractivity contribution < 1.29 is 9.53 Å². The van der Waals surface area contributed by atoms with Crippen molar-refractivity contribution in [1.82, 2.24) is 20.1 Å². The third-order valence-corrected chi connectivity index (χ3v) is 4.26. The molecule has 0 saturated heterocycles. The number of methoxy groups -OCH3 is 1. The normalized spacial score (nSPS) is 12.3. The van der Waals surface area contributed by atoms with Crippen molar-refractivity contribution in [2.45, 2.75) is 19.9 Å². The Balaban J connectivity index is 1.92. The lowest BCUT2D eigenvalue weighted by Crippen LogP contribution is -2.33. The number of pyridine rings is 1. The van der Waals surface area contributed by atoms with Gasteiger partial charge in [0.1, 0.15) is 0 Å². The SMILES string of the molecule is COC[C@@H](NC(=O)c1cc2cc(C)ccc2nc1C)c1ccnn1C. The van der Waals surface area contributed by atoms with Crippen LogP contribution in [0.15, 0.2) is 36.5 Å². The number of carbonyl (C=O) groups excluding carboxylic acids is 1. The summed E-state index contributed by atoms with van der Waals surface area (Å²) >= 11 is 0. The summed E-state index contributed by atoms with van der Waals surface area (Å²) in [5.74, 6) is -0.170. The van der Waals surface area contributed by atoms with Gasteiger partial charge in [-0.25, -0.2) is 0 Å². The average molecular weight is 338 g/mol. The molecule has 0 aliphatic rings. The predicted molar refractivity (Wildman–Crippen MR) is 96.5 cm³/mol. The second kappa shape index (κ2) is 7.03. The van der Waals surface area contributed by atoms with Gasteiger partial charge in [0.05, 0.1) is 35.1 Å². The molecule has 130 valence electrons. The lowest BCUT2D eigenvalue weighted by molar-refractivity contribution is 0.0891. The second-order valence-electron chi connectivity index (χ2n) is 6.18. The zero-order valence-corrected chi connectivity index (χ0v) is 14.9. The van der Waals surface area contributed by atoms with Crippen LogP contribution in [0.2, 0.25) is 0 Å². The first-order valence-electron chi connectivity index (χ1n) is 8.15. The van der Waals surface area contributed by atoms with Crippen LogP contribution < -0.4 is 5.32 Å². The number of amides is 1. The molecule has 2 heterocycles. The maximum atomic E-state index is 12.8. The van der Waals surface area contributed by atoms with E-state index in [-0.39, 0.29) is 11.9 Å². The smallest absolute Gasteiger partial charge is 0.253 e. The van der Waals surface area contributed by atoms with E-state index in [1.807, 2.05) is 51.2 Å². The van der Waals surface area contributed by atoms with Crippen LogP contribution in [0.4, 0.5) is 0 Å². The van der Waals surface area contributed by atoms with Crippen molar-refractivity contribution in [2.75, 3.05) is 13.7 Å². The molecule has 0 spiro atoms. The number of nitrogens with one attached hydrogen (secondary N) is 1. The highest BCUT2D eigenvalue weighted by Crippen LogP contribution is 2.19. The number of hydrogen-bond acceptors (Lipinski definition) is 4. The monoisotopic (exact) mass is 338 g/mol. The Hall–Kier alpha value is -2.73. The lowest BCUT2D eigenvalue weighted by atomic mass is 10.1. The molecule has 1 aromatic carbocycles. The van der Waals surface area contributed by atoms with E-state index in [1.54, 1.807) is 18.0 Å². The van der Waals surface area contributed by atoms with E-state index in [4.69, 9.17) is 4.74 Å². The average Bonchev–Trinajstić information content (AvgIpc) is 3.00. The van der Waals surface area contributed by atoms with E-state index in [0.717, 1.165) is 22.2 Å².